The first-order chi connectivity index (χ1) is 11.9. The van der Waals surface area contributed by atoms with Crippen LogP contribution in [0.3, 0.4) is 0 Å². The number of benzene rings is 1. The molecule has 0 bridgehead atoms. The molecule has 0 amide bonds. The van der Waals surface area contributed by atoms with Crippen molar-refractivity contribution in [2.24, 2.45) is 0 Å². The summed E-state index contributed by atoms with van der Waals surface area (Å²) in [5, 5.41) is 23.0. The number of aromatic amines is 1. The molecule has 0 aliphatic rings. The Morgan fingerprint density at radius 2 is 1.92 bits per heavy atom. The Bertz CT molecular complexity index is 895. The third kappa shape index (κ3) is 3.28. The highest BCUT2D eigenvalue weighted by molar-refractivity contribution is 6.30. The van der Waals surface area contributed by atoms with Crippen molar-refractivity contribution in [2.75, 3.05) is 0 Å². The Morgan fingerprint density at radius 1 is 1.24 bits per heavy atom. The van der Waals surface area contributed by atoms with E-state index >= 15 is 0 Å². The molecule has 2 heterocycles. The molecule has 0 saturated carbocycles. The van der Waals surface area contributed by atoms with Gasteiger partial charge >= 0.3 is 5.69 Å². The maximum Gasteiger partial charge on any atom is 0.334 e. The first-order valence-electron chi connectivity index (χ1n) is 7.75. The average molecular weight is 361 g/mol. The van der Waals surface area contributed by atoms with E-state index in [1.807, 2.05) is 26.0 Å². The zero-order chi connectivity index (χ0) is 18.1. The van der Waals surface area contributed by atoms with Crippen molar-refractivity contribution in [3.63, 3.8) is 0 Å². The third-order valence-corrected chi connectivity index (χ3v) is 4.53. The molecule has 3 rings (SSSR count). The van der Waals surface area contributed by atoms with Gasteiger partial charge in [-0.1, -0.05) is 28.9 Å². The third-order valence-electron chi connectivity index (χ3n) is 4.28. The van der Waals surface area contributed by atoms with Crippen LogP contribution < -0.4 is 0 Å². The number of hydrogen-bond acceptors (Lipinski definition) is 5. The van der Waals surface area contributed by atoms with Gasteiger partial charge in [-0.3, -0.25) is 15.2 Å². The summed E-state index contributed by atoms with van der Waals surface area (Å²) in [6.45, 7) is 5.40. The number of rotatable bonds is 5. The van der Waals surface area contributed by atoms with E-state index in [1.54, 1.807) is 19.1 Å². The lowest BCUT2D eigenvalue weighted by Crippen LogP contribution is -2.08. The number of halogens is 1. The van der Waals surface area contributed by atoms with Gasteiger partial charge in [0.15, 0.2) is 5.69 Å². The zero-order valence-corrected chi connectivity index (χ0v) is 14.8. The highest BCUT2D eigenvalue weighted by atomic mass is 35.5. The van der Waals surface area contributed by atoms with Crippen LogP contribution in [0.2, 0.25) is 5.02 Å². The molecule has 1 aromatic carbocycles. The topological polar surface area (TPSA) is 97.8 Å². The fourth-order valence-corrected chi connectivity index (χ4v) is 3.25. The van der Waals surface area contributed by atoms with Crippen LogP contribution in [0.15, 0.2) is 28.8 Å². The van der Waals surface area contributed by atoms with Crippen LogP contribution in [0.1, 0.15) is 39.9 Å². The number of aryl methyl sites for hydroxylation is 3. The second-order valence-corrected chi connectivity index (χ2v) is 6.39. The smallest absolute Gasteiger partial charge is 0.334 e. The molecule has 0 spiro atoms. The highest BCUT2D eigenvalue weighted by Crippen LogP contribution is 2.35. The number of hydrogen-bond donors (Lipinski definition) is 1. The molecule has 0 radical (unpaired) electrons. The Balaban J connectivity index is 2.09. The highest BCUT2D eigenvalue weighted by Gasteiger charge is 2.30. The Kier molecular flexibility index (Phi) is 4.59. The van der Waals surface area contributed by atoms with Crippen LogP contribution in [0.5, 0.6) is 0 Å². The van der Waals surface area contributed by atoms with Crippen LogP contribution in [-0.2, 0) is 6.42 Å². The monoisotopic (exact) mass is 360 g/mol. The molecule has 0 aliphatic carbocycles. The van der Waals surface area contributed by atoms with Crippen LogP contribution in [0.25, 0.3) is 0 Å². The number of nitrogens with one attached hydrogen (secondary N) is 1. The normalized spacial score (nSPS) is 12.3. The average Bonchev–Trinajstić information content (AvgIpc) is 3.09. The molecule has 2 aromatic heterocycles. The summed E-state index contributed by atoms with van der Waals surface area (Å²) >= 11 is 6.00. The first-order valence-corrected chi connectivity index (χ1v) is 8.12. The van der Waals surface area contributed by atoms with Crippen molar-refractivity contribution in [1.29, 1.82) is 0 Å². The van der Waals surface area contributed by atoms with Gasteiger partial charge in [-0.05, 0) is 38.5 Å². The summed E-state index contributed by atoms with van der Waals surface area (Å²) in [5.74, 6) is 0.0875. The van der Waals surface area contributed by atoms with Crippen LogP contribution in [0, 0.1) is 30.9 Å². The van der Waals surface area contributed by atoms with Crippen molar-refractivity contribution in [1.82, 2.24) is 15.4 Å². The predicted octanol–water partition coefficient (Wildman–Crippen LogP) is 4.26. The van der Waals surface area contributed by atoms with Gasteiger partial charge in [0.1, 0.15) is 0 Å². The minimum absolute atomic E-state index is 0.0715. The maximum atomic E-state index is 11.4. The lowest BCUT2D eigenvalue weighted by Gasteiger charge is -2.17. The lowest BCUT2D eigenvalue weighted by molar-refractivity contribution is -0.386. The number of aromatic nitrogens is 3. The van der Waals surface area contributed by atoms with Gasteiger partial charge in [0.05, 0.1) is 10.6 Å². The summed E-state index contributed by atoms with van der Waals surface area (Å²) in [6, 6.07) is 7.42. The molecule has 3 aromatic rings. The van der Waals surface area contributed by atoms with Crippen molar-refractivity contribution in [3.8, 4) is 0 Å². The van der Waals surface area contributed by atoms with E-state index in [2.05, 4.69) is 15.4 Å². The van der Waals surface area contributed by atoms with Gasteiger partial charge in [-0.2, -0.15) is 5.10 Å². The Hall–Kier alpha value is -2.67. The predicted molar refractivity (Wildman–Crippen MR) is 93.0 cm³/mol. The minimum atomic E-state index is -0.449. The Morgan fingerprint density at radius 3 is 2.48 bits per heavy atom. The second-order valence-electron chi connectivity index (χ2n) is 5.95. The van der Waals surface area contributed by atoms with E-state index in [0.29, 0.717) is 11.4 Å². The first kappa shape index (κ1) is 17.2. The molecule has 8 heteroatoms. The molecule has 1 unspecified atom stereocenters. The molecular weight excluding hydrogens is 344 g/mol. The van der Waals surface area contributed by atoms with E-state index in [-0.39, 0.29) is 23.1 Å². The standard InChI is InChI=1S/C17H17ClN4O3/c1-9-16(10(2)20-19-9)14(12-4-6-13(18)7-5-12)8-15-17(22(23)24)11(3)21-25-15/h4-7,14H,8H2,1-3H3,(H,19,20). The van der Waals surface area contributed by atoms with E-state index in [4.69, 9.17) is 16.1 Å². The molecular formula is C17H17ClN4O3. The van der Waals surface area contributed by atoms with Crippen LogP contribution >= 0.6 is 11.6 Å². The summed E-state index contributed by atoms with van der Waals surface area (Å²) in [7, 11) is 0. The van der Waals surface area contributed by atoms with Crippen molar-refractivity contribution < 1.29 is 9.45 Å². The fraction of sp³-hybridized carbons (Fsp3) is 0.294. The van der Waals surface area contributed by atoms with Crippen molar-refractivity contribution in [2.45, 2.75) is 33.1 Å². The fourth-order valence-electron chi connectivity index (χ4n) is 3.12. The van der Waals surface area contributed by atoms with E-state index in [9.17, 15) is 10.1 Å². The Labute approximate surface area is 149 Å². The van der Waals surface area contributed by atoms with E-state index in [1.165, 1.54) is 0 Å². The van der Waals surface area contributed by atoms with E-state index in [0.717, 1.165) is 22.5 Å². The van der Waals surface area contributed by atoms with Crippen molar-refractivity contribution >= 4 is 17.3 Å². The van der Waals surface area contributed by atoms with Gasteiger partial charge in [0, 0.05) is 28.6 Å². The van der Waals surface area contributed by atoms with Crippen molar-refractivity contribution in [3.05, 3.63) is 73.4 Å². The lowest BCUT2D eigenvalue weighted by atomic mass is 9.86. The molecule has 0 saturated heterocycles. The van der Waals surface area contributed by atoms with E-state index < -0.39 is 4.92 Å². The largest absolute Gasteiger partial charge is 0.354 e. The number of nitro groups is 1. The molecule has 0 aliphatic heterocycles. The van der Waals surface area contributed by atoms with Crippen LogP contribution in [-0.4, -0.2) is 20.3 Å². The maximum absolute atomic E-state index is 11.4. The number of H-pyrrole nitrogens is 1. The van der Waals surface area contributed by atoms with Gasteiger partial charge in [0.25, 0.3) is 0 Å². The molecule has 25 heavy (non-hydrogen) atoms. The van der Waals surface area contributed by atoms with Crippen LogP contribution in [0.4, 0.5) is 5.69 Å². The minimum Gasteiger partial charge on any atom is -0.354 e. The molecule has 1 N–H and O–H groups in total. The zero-order valence-electron chi connectivity index (χ0n) is 14.0. The second kappa shape index (κ2) is 6.68. The summed E-state index contributed by atoms with van der Waals surface area (Å²) in [5.41, 5.74) is 3.92. The number of nitrogens with zero attached hydrogens (tertiary/aromatic N) is 3. The molecule has 0 fully saturated rings. The quantitative estimate of drug-likeness (QED) is 0.541. The van der Waals surface area contributed by atoms with Gasteiger partial charge in [-0.15, -0.1) is 0 Å². The van der Waals surface area contributed by atoms with Gasteiger partial charge in [0.2, 0.25) is 5.76 Å². The summed E-state index contributed by atoms with van der Waals surface area (Å²) in [4.78, 5) is 10.9. The SMILES string of the molecule is Cc1n[nH]c(C)c1C(Cc1onc(C)c1[N+](=O)[O-])c1ccc(Cl)cc1. The molecule has 1 atom stereocenters. The van der Waals surface area contributed by atoms with Gasteiger partial charge < -0.3 is 4.52 Å². The van der Waals surface area contributed by atoms with Gasteiger partial charge in [-0.25, -0.2) is 0 Å². The summed E-state index contributed by atoms with van der Waals surface area (Å²) in [6.07, 6.45) is 0.306. The summed E-state index contributed by atoms with van der Waals surface area (Å²) < 4.78 is 5.26. The molecule has 7 nitrogen and oxygen atoms in total. The molecule has 130 valence electrons.